The Morgan fingerprint density at radius 2 is 1.17 bits per heavy atom. The van der Waals surface area contributed by atoms with Crippen LogP contribution >= 0.6 is 45.2 Å². The van der Waals surface area contributed by atoms with Crippen molar-refractivity contribution in [2.45, 2.75) is 0 Å². The van der Waals surface area contributed by atoms with Crippen LogP contribution in [0.1, 0.15) is 11.1 Å². The molecule has 0 saturated heterocycles. The summed E-state index contributed by atoms with van der Waals surface area (Å²) in [5.41, 5.74) is 2.11. The monoisotopic (exact) mass is 460 g/mol. The number of hydrogen-bond acceptors (Lipinski definition) is 2. The summed E-state index contributed by atoms with van der Waals surface area (Å²) in [5, 5.41) is 8.09. The third-order valence-electron chi connectivity index (χ3n) is 2.18. The summed E-state index contributed by atoms with van der Waals surface area (Å²) in [6.07, 6.45) is 3.51. The van der Waals surface area contributed by atoms with E-state index in [1.54, 1.807) is 12.4 Å². The van der Waals surface area contributed by atoms with Crippen LogP contribution in [0, 0.1) is 7.14 Å². The van der Waals surface area contributed by atoms with Gasteiger partial charge in [0.1, 0.15) is 0 Å². The maximum absolute atomic E-state index is 4.05. The second-order valence-electron chi connectivity index (χ2n) is 3.60. The van der Waals surface area contributed by atoms with E-state index in [9.17, 15) is 0 Å². The lowest BCUT2D eigenvalue weighted by Gasteiger charge is -1.93. The lowest BCUT2D eigenvalue weighted by Crippen LogP contribution is -1.83. The molecule has 0 aromatic heterocycles. The molecule has 0 bridgehead atoms. The van der Waals surface area contributed by atoms with Crippen LogP contribution in [-0.4, -0.2) is 12.4 Å². The zero-order valence-electron chi connectivity index (χ0n) is 9.42. The van der Waals surface area contributed by atoms with E-state index in [0.717, 1.165) is 11.1 Å². The molecule has 2 aromatic carbocycles. The molecule has 18 heavy (non-hydrogen) atoms. The Labute approximate surface area is 134 Å². The van der Waals surface area contributed by atoms with E-state index in [2.05, 4.69) is 67.5 Å². The van der Waals surface area contributed by atoms with Gasteiger partial charge in [-0.3, -0.25) is 0 Å². The van der Waals surface area contributed by atoms with Crippen LogP contribution in [-0.2, 0) is 0 Å². The third-order valence-corrected chi connectivity index (χ3v) is 3.52. The Kier molecular flexibility index (Phi) is 5.30. The van der Waals surface area contributed by atoms with Gasteiger partial charge in [-0.15, -0.1) is 0 Å². The predicted octanol–water partition coefficient (Wildman–Crippen LogP) is 4.35. The lowest BCUT2D eigenvalue weighted by atomic mass is 10.2. The fourth-order valence-corrected chi connectivity index (χ4v) is 2.51. The zero-order chi connectivity index (χ0) is 12.8. The lowest BCUT2D eigenvalue weighted by molar-refractivity contribution is 1.26. The molecule has 4 heteroatoms. The third kappa shape index (κ3) is 4.49. The topological polar surface area (TPSA) is 24.7 Å². The smallest absolute Gasteiger partial charge is 0.0568 e. The molecule has 2 rings (SSSR count). The molecule has 0 aliphatic heterocycles. The van der Waals surface area contributed by atoms with Crippen molar-refractivity contribution >= 4 is 57.6 Å². The van der Waals surface area contributed by atoms with Gasteiger partial charge in [0.2, 0.25) is 0 Å². The van der Waals surface area contributed by atoms with Gasteiger partial charge in [-0.25, -0.2) is 0 Å². The second-order valence-corrected chi connectivity index (χ2v) is 6.09. The molecule has 0 fully saturated rings. The molecular weight excluding hydrogens is 450 g/mol. The molecule has 0 saturated carbocycles. The normalized spacial score (nSPS) is 11.4. The van der Waals surface area contributed by atoms with Crippen molar-refractivity contribution in [3.8, 4) is 0 Å². The summed E-state index contributed by atoms with van der Waals surface area (Å²) >= 11 is 4.56. The summed E-state index contributed by atoms with van der Waals surface area (Å²) in [5.74, 6) is 0. The molecule has 2 nitrogen and oxygen atoms in total. The van der Waals surface area contributed by atoms with Gasteiger partial charge in [-0.2, -0.15) is 10.2 Å². The van der Waals surface area contributed by atoms with Crippen molar-refractivity contribution in [3.05, 3.63) is 66.8 Å². The van der Waals surface area contributed by atoms with Crippen LogP contribution in [0.2, 0.25) is 0 Å². The van der Waals surface area contributed by atoms with Crippen LogP contribution in [0.25, 0.3) is 0 Å². The highest BCUT2D eigenvalue weighted by Gasteiger charge is 1.89. The summed E-state index contributed by atoms with van der Waals surface area (Å²) in [6, 6.07) is 16.2. The molecule has 0 unspecified atom stereocenters. The van der Waals surface area contributed by atoms with Gasteiger partial charge in [0.05, 0.1) is 12.4 Å². The highest BCUT2D eigenvalue weighted by molar-refractivity contribution is 14.1. The van der Waals surface area contributed by atoms with Crippen molar-refractivity contribution in [1.29, 1.82) is 0 Å². The highest BCUT2D eigenvalue weighted by Crippen LogP contribution is 2.07. The standard InChI is InChI=1S/C14H10I2N2/c15-13-5-1-3-11(7-13)9-17-18-10-12-4-2-6-14(16)8-12/h1-10H. The molecule has 0 aliphatic rings. The Hall–Kier alpha value is -0.760. The molecule has 0 heterocycles. The van der Waals surface area contributed by atoms with E-state index in [4.69, 9.17) is 0 Å². The van der Waals surface area contributed by atoms with Gasteiger partial charge in [-0.05, 0) is 80.6 Å². The minimum absolute atomic E-state index is 1.06. The first-order chi connectivity index (χ1) is 8.74. The minimum atomic E-state index is 1.06. The van der Waals surface area contributed by atoms with Gasteiger partial charge < -0.3 is 0 Å². The average molecular weight is 460 g/mol. The van der Waals surface area contributed by atoms with Gasteiger partial charge in [-0.1, -0.05) is 24.3 Å². The van der Waals surface area contributed by atoms with E-state index < -0.39 is 0 Å². The van der Waals surface area contributed by atoms with Gasteiger partial charge >= 0.3 is 0 Å². The van der Waals surface area contributed by atoms with Gasteiger partial charge in [0.25, 0.3) is 0 Å². The van der Waals surface area contributed by atoms with Crippen LogP contribution in [0.15, 0.2) is 58.7 Å². The Morgan fingerprint density at radius 3 is 1.56 bits per heavy atom. The Bertz CT molecular complexity index is 538. The van der Waals surface area contributed by atoms with Crippen LogP contribution in [0.3, 0.4) is 0 Å². The number of benzene rings is 2. The van der Waals surface area contributed by atoms with E-state index in [1.165, 1.54) is 7.14 Å². The largest absolute Gasteiger partial charge is 0.159 e. The first kappa shape index (κ1) is 13.7. The summed E-state index contributed by atoms with van der Waals surface area (Å²) in [4.78, 5) is 0. The van der Waals surface area contributed by atoms with Gasteiger partial charge in [0.15, 0.2) is 0 Å². The van der Waals surface area contributed by atoms with Gasteiger partial charge in [0, 0.05) is 7.14 Å². The zero-order valence-corrected chi connectivity index (χ0v) is 13.7. The highest BCUT2D eigenvalue weighted by atomic mass is 127. The average Bonchev–Trinajstić information content (AvgIpc) is 2.35. The predicted molar refractivity (Wildman–Crippen MR) is 93.5 cm³/mol. The van der Waals surface area contributed by atoms with Crippen molar-refractivity contribution in [2.75, 3.05) is 0 Å². The molecule has 0 radical (unpaired) electrons. The number of rotatable bonds is 3. The molecule has 0 atom stereocenters. The maximum atomic E-state index is 4.05. The van der Waals surface area contributed by atoms with E-state index >= 15 is 0 Å². The number of hydrogen-bond donors (Lipinski definition) is 0. The molecule has 0 aliphatic carbocycles. The number of nitrogens with zero attached hydrogens (tertiary/aromatic N) is 2. The maximum Gasteiger partial charge on any atom is 0.0568 e. The number of halogens is 2. The van der Waals surface area contributed by atoms with Crippen molar-refractivity contribution in [1.82, 2.24) is 0 Å². The molecule has 0 N–H and O–H groups in total. The van der Waals surface area contributed by atoms with Crippen LogP contribution in [0.5, 0.6) is 0 Å². The quantitative estimate of drug-likeness (QED) is 0.370. The SMILES string of the molecule is Ic1cccc(C=NN=Cc2cccc(I)c2)c1. The Morgan fingerprint density at radius 1 is 0.722 bits per heavy atom. The molecule has 2 aromatic rings. The molecule has 0 amide bonds. The Balaban J connectivity index is 2.03. The fourth-order valence-electron chi connectivity index (χ4n) is 1.37. The first-order valence-electron chi connectivity index (χ1n) is 5.31. The van der Waals surface area contributed by atoms with Crippen molar-refractivity contribution in [3.63, 3.8) is 0 Å². The van der Waals surface area contributed by atoms with Crippen molar-refractivity contribution in [2.24, 2.45) is 10.2 Å². The van der Waals surface area contributed by atoms with E-state index in [1.807, 2.05) is 36.4 Å². The fraction of sp³-hybridized carbons (Fsp3) is 0. The summed E-state index contributed by atoms with van der Waals surface area (Å²) < 4.78 is 2.39. The van der Waals surface area contributed by atoms with Crippen LogP contribution < -0.4 is 0 Å². The van der Waals surface area contributed by atoms with E-state index in [-0.39, 0.29) is 0 Å². The summed E-state index contributed by atoms with van der Waals surface area (Å²) in [7, 11) is 0. The first-order valence-corrected chi connectivity index (χ1v) is 7.47. The van der Waals surface area contributed by atoms with E-state index in [0.29, 0.717) is 0 Å². The minimum Gasteiger partial charge on any atom is -0.159 e. The molecular formula is C14H10I2N2. The molecule has 90 valence electrons. The summed E-state index contributed by atoms with van der Waals surface area (Å²) in [6.45, 7) is 0. The second kappa shape index (κ2) is 6.98. The van der Waals surface area contributed by atoms with Crippen molar-refractivity contribution < 1.29 is 0 Å². The molecule has 0 spiro atoms. The van der Waals surface area contributed by atoms with Crippen LogP contribution in [0.4, 0.5) is 0 Å².